The summed E-state index contributed by atoms with van der Waals surface area (Å²) in [5.74, 6) is 0. The molecule has 0 fully saturated rings. The fourth-order valence-electron chi connectivity index (χ4n) is 1.80. The zero-order valence-corrected chi connectivity index (χ0v) is 12.0. The van der Waals surface area contributed by atoms with Crippen LogP contribution in [0.4, 0.5) is 0 Å². The van der Waals surface area contributed by atoms with Crippen LogP contribution in [0.5, 0.6) is 0 Å². The second kappa shape index (κ2) is 14.5. The molecular weight excluding hydrogens is 259 g/mol. The first-order chi connectivity index (χ1) is 8.06. The molecule has 0 spiro atoms. The van der Waals surface area contributed by atoms with Crippen LogP contribution in [-0.4, -0.2) is 59.6 Å². The molecule has 4 nitrogen and oxygen atoms in total. The molecule has 0 aliphatic heterocycles. The van der Waals surface area contributed by atoms with Gasteiger partial charge in [-0.05, 0) is 6.42 Å². The van der Waals surface area contributed by atoms with Gasteiger partial charge in [-0.2, -0.15) is 0 Å². The van der Waals surface area contributed by atoms with Crippen molar-refractivity contribution in [3.63, 3.8) is 0 Å². The summed E-state index contributed by atoms with van der Waals surface area (Å²) in [4.78, 5) is 25.8. The Balaban J connectivity index is 0. The summed E-state index contributed by atoms with van der Waals surface area (Å²) in [6.07, 6.45) is 12.2. The van der Waals surface area contributed by atoms with Gasteiger partial charge in [-0.1, -0.05) is 64.7 Å². The standard InChI is InChI=1S/C12H28O4Si.Na.H/c1-2-3-4-5-6-7-8-9-10-11-12-16-17(13,14)15;;/h13-15H,2-12H2,1H3;;. The molecule has 0 atom stereocenters. The van der Waals surface area contributed by atoms with Gasteiger partial charge in [-0.15, -0.1) is 0 Å². The van der Waals surface area contributed by atoms with Gasteiger partial charge in [-0.25, -0.2) is 0 Å². The van der Waals surface area contributed by atoms with E-state index < -0.39 is 9.05 Å². The summed E-state index contributed by atoms with van der Waals surface area (Å²) in [6.45, 7) is 2.47. The average molecular weight is 288 g/mol. The van der Waals surface area contributed by atoms with Crippen molar-refractivity contribution in [1.29, 1.82) is 0 Å². The fourth-order valence-corrected chi connectivity index (χ4v) is 2.22. The maximum atomic E-state index is 8.59. The van der Waals surface area contributed by atoms with Crippen molar-refractivity contribution in [3.05, 3.63) is 0 Å². The summed E-state index contributed by atoms with van der Waals surface area (Å²) >= 11 is 0. The van der Waals surface area contributed by atoms with Crippen LogP contribution in [0.1, 0.15) is 71.1 Å². The van der Waals surface area contributed by atoms with E-state index in [0.717, 1.165) is 19.3 Å². The van der Waals surface area contributed by atoms with Crippen LogP contribution in [0.3, 0.4) is 0 Å². The van der Waals surface area contributed by atoms with Gasteiger partial charge in [0.05, 0.1) is 0 Å². The quantitative estimate of drug-likeness (QED) is 0.377. The van der Waals surface area contributed by atoms with Crippen molar-refractivity contribution in [2.75, 3.05) is 6.61 Å². The molecule has 0 aromatic rings. The second-order valence-electron chi connectivity index (χ2n) is 4.60. The van der Waals surface area contributed by atoms with Gasteiger partial charge in [0.15, 0.2) is 0 Å². The Morgan fingerprint density at radius 3 is 1.50 bits per heavy atom. The van der Waals surface area contributed by atoms with E-state index in [9.17, 15) is 0 Å². The number of unbranched alkanes of at least 4 members (excludes halogenated alkanes) is 9. The first-order valence-corrected chi connectivity index (χ1v) is 8.62. The van der Waals surface area contributed by atoms with Crippen molar-refractivity contribution in [1.82, 2.24) is 0 Å². The summed E-state index contributed by atoms with van der Waals surface area (Å²) in [6, 6.07) is 0. The molecule has 3 N–H and O–H groups in total. The third-order valence-corrected chi connectivity index (χ3v) is 3.39. The van der Waals surface area contributed by atoms with E-state index in [-0.39, 0.29) is 36.2 Å². The molecule has 18 heavy (non-hydrogen) atoms. The summed E-state index contributed by atoms with van der Waals surface area (Å²) in [5.41, 5.74) is 0. The Labute approximate surface area is 135 Å². The van der Waals surface area contributed by atoms with Gasteiger partial charge in [0.1, 0.15) is 0 Å². The molecule has 0 aromatic heterocycles. The molecule has 0 amide bonds. The van der Waals surface area contributed by atoms with Gasteiger partial charge in [0.25, 0.3) is 0 Å². The summed E-state index contributed by atoms with van der Waals surface area (Å²) in [5, 5.41) is 0. The Kier molecular flexibility index (Phi) is 17.2. The van der Waals surface area contributed by atoms with Gasteiger partial charge < -0.3 is 18.8 Å². The zero-order chi connectivity index (χ0) is 13.0. The summed E-state index contributed by atoms with van der Waals surface area (Å²) < 4.78 is 4.51. The van der Waals surface area contributed by atoms with Gasteiger partial charge in [0, 0.05) is 6.61 Å². The van der Waals surface area contributed by atoms with E-state index in [1.807, 2.05) is 0 Å². The van der Waals surface area contributed by atoms with Crippen molar-refractivity contribution in [2.24, 2.45) is 0 Å². The molecule has 0 saturated heterocycles. The molecule has 0 bridgehead atoms. The van der Waals surface area contributed by atoms with Crippen molar-refractivity contribution in [2.45, 2.75) is 71.1 Å². The monoisotopic (exact) mass is 288 g/mol. The van der Waals surface area contributed by atoms with Gasteiger partial charge >= 0.3 is 38.6 Å². The molecule has 6 heteroatoms. The first-order valence-electron chi connectivity index (χ1n) is 6.87. The van der Waals surface area contributed by atoms with E-state index in [2.05, 4.69) is 11.3 Å². The van der Waals surface area contributed by atoms with Gasteiger partial charge in [0.2, 0.25) is 0 Å². The third-order valence-electron chi connectivity index (χ3n) is 2.79. The molecule has 0 aromatic carbocycles. The molecule has 0 aliphatic rings. The van der Waals surface area contributed by atoms with Crippen LogP contribution >= 0.6 is 0 Å². The minimum atomic E-state index is -4.25. The molecule has 0 saturated carbocycles. The fraction of sp³-hybridized carbons (Fsp3) is 1.00. The Morgan fingerprint density at radius 1 is 0.722 bits per heavy atom. The van der Waals surface area contributed by atoms with Crippen LogP contribution in [-0.2, 0) is 4.43 Å². The van der Waals surface area contributed by atoms with E-state index in [0.29, 0.717) is 0 Å². The number of hydrogen-bond donors (Lipinski definition) is 3. The second-order valence-corrected chi connectivity index (χ2v) is 6.04. The molecule has 106 valence electrons. The van der Waals surface area contributed by atoms with Crippen molar-refractivity contribution in [3.8, 4) is 0 Å². The Morgan fingerprint density at radius 2 is 1.11 bits per heavy atom. The van der Waals surface area contributed by atoms with Crippen LogP contribution in [0.2, 0.25) is 0 Å². The number of rotatable bonds is 12. The van der Waals surface area contributed by atoms with Crippen LogP contribution < -0.4 is 0 Å². The van der Waals surface area contributed by atoms with E-state index in [4.69, 9.17) is 14.4 Å². The predicted octanol–water partition coefficient (Wildman–Crippen LogP) is 1.69. The molecule has 0 rings (SSSR count). The molecule has 0 radical (unpaired) electrons. The summed E-state index contributed by atoms with van der Waals surface area (Å²) in [7, 11) is -4.25. The van der Waals surface area contributed by atoms with E-state index in [1.165, 1.54) is 44.9 Å². The van der Waals surface area contributed by atoms with Crippen molar-refractivity contribution < 1.29 is 18.8 Å². The van der Waals surface area contributed by atoms with Gasteiger partial charge in [-0.3, -0.25) is 0 Å². The maximum absolute atomic E-state index is 8.59. The third kappa shape index (κ3) is 19.4. The normalized spacial score (nSPS) is 11.3. The first kappa shape index (κ1) is 21.4. The van der Waals surface area contributed by atoms with E-state index >= 15 is 0 Å². The van der Waals surface area contributed by atoms with Crippen LogP contribution in [0.25, 0.3) is 0 Å². The van der Waals surface area contributed by atoms with Crippen LogP contribution in [0.15, 0.2) is 0 Å². The average Bonchev–Trinajstić information content (AvgIpc) is 2.24. The molecule has 0 heterocycles. The Bertz CT molecular complexity index is 165. The van der Waals surface area contributed by atoms with E-state index in [1.54, 1.807) is 0 Å². The SMILES string of the molecule is CCCCCCCCCCCCO[Si](O)(O)O.[NaH]. The predicted molar refractivity (Wildman–Crippen MR) is 77.4 cm³/mol. The molecule has 0 aliphatic carbocycles. The number of hydrogen-bond acceptors (Lipinski definition) is 4. The minimum absolute atomic E-state index is 0. The Hall–Kier alpha value is 1.06. The topological polar surface area (TPSA) is 69.9 Å². The molecular formula is C12H29NaO4Si. The van der Waals surface area contributed by atoms with Crippen LogP contribution in [0, 0.1) is 0 Å². The molecule has 0 unspecified atom stereocenters. The van der Waals surface area contributed by atoms with Crippen molar-refractivity contribution >= 4 is 38.6 Å². The zero-order valence-electron chi connectivity index (χ0n) is 11.0.